The fourth-order valence-electron chi connectivity index (χ4n) is 1.67. The van der Waals surface area contributed by atoms with Gasteiger partial charge in [-0.1, -0.05) is 6.07 Å². The summed E-state index contributed by atoms with van der Waals surface area (Å²) in [5, 5.41) is 8.89. The molecule has 1 atom stereocenters. The van der Waals surface area contributed by atoms with Crippen LogP contribution < -0.4 is 9.47 Å². The number of carbonyl (C=O) groups is 2. The second kappa shape index (κ2) is 6.79. The molecule has 0 saturated carbocycles. The average molecular weight is 281 g/mol. The molecule has 20 heavy (non-hydrogen) atoms. The molecule has 0 saturated heterocycles. The predicted molar refractivity (Wildman–Crippen MR) is 73.1 cm³/mol. The molecule has 0 aliphatic heterocycles. The van der Waals surface area contributed by atoms with Gasteiger partial charge >= 0.3 is 5.97 Å². The first-order chi connectivity index (χ1) is 9.40. The summed E-state index contributed by atoms with van der Waals surface area (Å²) in [6.07, 6.45) is 0.106. The fourth-order valence-corrected chi connectivity index (χ4v) is 1.67. The van der Waals surface area contributed by atoms with Gasteiger partial charge in [-0.2, -0.15) is 0 Å². The number of rotatable bonds is 6. The van der Waals surface area contributed by atoms with Gasteiger partial charge in [0, 0.05) is 7.05 Å². The Balaban J connectivity index is 2.83. The third-order valence-corrected chi connectivity index (χ3v) is 3.14. The van der Waals surface area contributed by atoms with E-state index in [1.54, 1.807) is 18.2 Å². The predicted octanol–water partition coefficient (Wildman–Crippen LogP) is 1.18. The number of likely N-dealkylation sites (N-methyl/N-ethyl adjacent to an activating group) is 1. The smallest absolute Gasteiger partial charge is 0.326 e. The Labute approximate surface area is 117 Å². The van der Waals surface area contributed by atoms with E-state index in [4.69, 9.17) is 14.6 Å². The molecule has 1 N–H and O–H groups in total. The lowest BCUT2D eigenvalue weighted by Gasteiger charge is -2.21. The van der Waals surface area contributed by atoms with E-state index < -0.39 is 12.0 Å². The highest BCUT2D eigenvalue weighted by Gasteiger charge is 2.21. The molecule has 110 valence electrons. The molecule has 1 unspecified atom stereocenters. The Morgan fingerprint density at radius 3 is 2.35 bits per heavy atom. The van der Waals surface area contributed by atoms with Crippen LogP contribution in [0.25, 0.3) is 0 Å². The van der Waals surface area contributed by atoms with Crippen molar-refractivity contribution in [2.45, 2.75) is 19.4 Å². The Hall–Kier alpha value is -2.24. The molecule has 1 amide bonds. The van der Waals surface area contributed by atoms with E-state index in [1.807, 2.05) is 0 Å². The molecule has 6 nitrogen and oxygen atoms in total. The first-order valence-electron chi connectivity index (χ1n) is 6.10. The average Bonchev–Trinajstić information content (AvgIpc) is 2.45. The van der Waals surface area contributed by atoms with Gasteiger partial charge in [-0.15, -0.1) is 0 Å². The number of nitrogens with zero attached hydrogens (tertiary/aromatic N) is 1. The van der Waals surface area contributed by atoms with Gasteiger partial charge in [0.2, 0.25) is 5.91 Å². The Kier molecular flexibility index (Phi) is 5.37. The topological polar surface area (TPSA) is 76.1 Å². The van der Waals surface area contributed by atoms with Crippen LogP contribution in [0, 0.1) is 0 Å². The molecule has 0 aliphatic rings. The van der Waals surface area contributed by atoms with Crippen molar-refractivity contribution in [2.75, 3.05) is 21.3 Å². The van der Waals surface area contributed by atoms with Crippen LogP contribution in [0.15, 0.2) is 18.2 Å². The SMILES string of the molecule is COc1ccc(CC(=O)N(C)C(C)C(=O)O)cc1OC. The van der Waals surface area contributed by atoms with E-state index in [1.165, 1.54) is 33.1 Å². The minimum absolute atomic E-state index is 0.106. The molecule has 6 heteroatoms. The van der Waals surface area contributed by atoms with Gasteiger partial charge in [0.05, 0.1) is 20.6 Å². The van der Waals surface area contributed by atoms with E-state index in [0.717, 1.165) is 5.56 Å². The lowest BCUT2D eigenvalue weighted by atomic mass is 10.1. The van der Waals surface area contributed by atoms with Crippen LogP contribution in [0.5, 0.6) is 11.5 Å². The summed E-state index contributed by atoms with van der Waals surface area (Å²) in [6.45, 7) is 1.47. The zero-order chi connectivity index (χ0) is 15.3. The molecule has 1 rings (SSSR count). The van der Waals surface area contributed by atoms with Gasteiger partial charge in [0.15, 0.2) is 11.5 Å². The normalized spacial score (nSPS) is 11.6. The maximum Gasteiger partial charge on any atom is 0.326 e. The number of hydrogen-bond acceptors (Lipinski definition) is 4. The Morgan fingerprint density at radius 2 is 1.85 bits per heavy atom. The molecule has 1 aromatic carbocycles. The summed E-state index contributed by atoms with van der Waals surface area (Å²) in [6, 6.07) is 4.30. The minimum atomic E-state index is -1.03. The van der Waals surface area contributed by atoms with Crippen LogP contribution in [-0.4, -0.2) is 49.2 Å². The maximum atomic E-state index is 12.0. The lowest BCUT2D eigenvalue weighted by molar-refractivity contribution is -0.148. The number of hydrogen-bond donors (Lipinski definition) is 1. The minimum Gasteiger partial charge on any atom is -0.493 e. The zero-order valence-electron chi connectivity index (χ0n) is 12.0. The van der Waals surface area contributed by atoms with Crippen molar-refractivity contribution in [1.29, 1.82) is 0 Å². The van der Waals surface area contributed by atoms with Gasteiger partial charge in [-0.3, -0.25) is 4.79 Å². The summed E-state index contributed by atoms with van der Waals surface area (Å²) in [5.74, 6) is -0.192. The van der Waals surface area contributed by atoms with Gasteiger partial charge in [-0.25, -0.2) is 4.79 Å². The molecule has 1 aromatic rings. The maximum absolute atomic E-state index is 12.0. The van der Waals surface area contributed by atoms with Crippen molar-refractivity contribution in [3.63, 3.8) is 0 Å². The second-order valence-corrected chi connectivity index (χ2v) is 4.38. The summed E-state index contributed by atoms with van der Waals surface area (Å²) in [4.78, 5) is 24.1. The summed E-state index contributed by atoms with van der Waals surface area (Å²) in [5.41, 5.74) is 0.733. The third-order valence-electron chi connectivity index (χ3n) is 3.14. The number of aliphatic carboxylic acids is 1. The number of carboxylic acid groups (broad SMARTS) is 1. The number of amides is 1. The first-order valence-corrected chi connectivity index (χ1v) is 6.10. The second-order valence-electron chi connectivity index (χ2n) is 4.38. The summed E-state index contributed by atoms with van der Waals surface area (Å²) >= 11 is 0. The number of ether oxygens (including phenoxy) is 2. The van der Waals surface area contributed by atoms with E-state index in [0.29, 0.717) is 11.5 Å². The number of carbonyl (C=O) groups excluding carboxylic acids is 1. The largest absolute Gasteiger partial charge is 0.493 e. The van der Waals surface area contributed by atoms with Crippen LogP contribution in [0.4, 0.5) is 0 Å². The number of benzene rings is 1. The quantitative estimate of drug-likeness (QED) is 0.847. The van der Waals surface area contributed by atoms with Crippen molar-refractivity contribution in [1.82, 2.24) is 4.90 Å². The molecule has 0 aliphatic carbocycles. The van der Waals surface area contributed by atoms with Gasteiger partial charge < -0.3 is 19.5 Å². The van der Waals surface area contributed by atoms with Crippen molar-refractivity contribution in [3.8, 4) is 11.5 Å². The molecular formula is C14H19NO5. The van der Waals surface area contributed by atoms with Crippen LogP contribution in [0.3, 0.4) is 0 Å². The third kappa shape index (κ3) is 3.63. The van der Waals surface area contributed by atoms with E-state index in [2.05, 4.69) is 0 Å². The van der Waals surface area contributed by atoms with Crippen LogP contribution >= 0.6 is 0 Å². The van der Waals surface area contributed by atoms with Crippen LogP contribution in [0.1, 0.15) is 12.5 Å². The molecule has 0 spiro atoms. The molecule has 0 radical (unpaired) electrons. The van der Waals surface area contributed by atoms with Crippen LogP contribution in [0.2, 0.25) is 0 Å². The highest BCUT2D eigenvalue weighted by Crippen LogP contribution is 2.27. The molecule has 0 heterocycles. The zero-order valence-corrected chi connectivity index (χ0v) is 12.0. The van der Waals surface area contributed by atoms with Crippen molar-refractivity contribution in [3.05, 3.63) is 23.8 Å². The molecule has 0 fully saturated rings. The molecule has 0 bridgehead atoms. The van der Waals surface area contributed by atoms with E-state index >= 15 is 0 Å². The van der Waals surface area contributed by atoms with Crippen LogP contribution in [-0.2, 0) is 16.0 Å². The van der Waals surface area contributed by atoms with Gasteiger partial charge in [-0.05, 0) is 24.6 Å². The van der Waals surface area contributed by atoms with Crippen molar-refractivity contribution >= 4 is 11.9 Å². The molecular weight excluding hydrogens is 262 g/mol. The lowest BCUT2D eigenvalue weighted by Crippen LogP contribution is -2.41. The standard InChI is InChI=1S/C14H19NO5/c1-9(14(17)18)15(2)13(16)8-10-5-6-11(19-3)12(7-10)20-4/h5-7,9H,8H2,1-4H3,(H,17,18). The Bertz CT molecular complexity index is 500. The fraction of sp³-hybridized carbons (Fsp3) is 0.429. The van der Waals surface area contributed by atoms with Gasteiger partial charge in [0.25, 0.3) is 0 Å². The monoisotopic (exact) mass is 281 g/mol. The highest BCUT2D eigenvalue weighted by atomic mass is 16.5. The Morgan fingerprint density at radius 1 is 1.25 bits per heavy atom. The summed E-state index contributed by atoms with van der Waals surface area (Å²) < 4.78 is 10.3. The first kappa shape index (κ1) is 15.8. The van der Waals surface area contributed by atoms with E-state index in [-0.39, 0.29) is 12.3 Å². The van der Waals surface area contributed by atoms with Gasteiger partial charge in [0.1, 0.15) is 6.04 Å². The number of methoxy groups -OCH3 is 2. The summed E-state index contributed by atoms with van der Waals surface area (Å²) in [7, 11) is 4.52. The van der Waals surface area contributed by atoms with Crippen molar-refractivity contribution in [2.24, 2.45) is 0 Å². The molecule has 0 aromatic heterocycles. The number of carboxylic acids is 1. The van der Waals surface area contributed by atoms with Crippen molar-refractivity contribution < 1.29 is 24.2 Å². The highest BCUT2D eigenvalue weighted by molar-refractivity contribution is 5.84. The van der Waals surface area contributed by atoms with E-state index in [9.17, 15) is 9.59 Å².